The summed E-state index contributed by atoms with van der Waals surface area (Å²) >= 11 is 3.36. The van der Waals surface area contributed by atoms with Crippen LogP contribution in [0.1, 0.15) is 6.42 Å². The van der Waals surface area contributed by atoms with Crippen molar-refractivity contribution in [2.24, 2.45) is 0 Å². The fraction of sp³-hybridized carbons (Fsp3) is 0.125. The van der Waals surface area contributed by atoms with Crippen molar-refractivity contribution in [3.8, 4) is 5.75 Å². The predicted octanol–water partition coefficient (Wildman–Crippen LogP) is 3.18. The van der Waals surface area contributed by atoms with Crippen molar-refractivity contribution < 1.29 is 14.3 Å². The van der Waals surface area contributed by atoms with Gasteiger partial charge in [-0.1, -0.05) is 24.3 Å². The Balaban J connectivity index is 1.67. The summed E-state index contributed by atoms with van der Waals surface area (Å²) in [5, 5.41) is 5.49. The first-order chi connectivity index (χ1) is 10.6. The fourth-order valence-corrected chi connectivity index (χ4v) is 2.54. The molecule has 1 atom stereocenters. The molecule has 6 heteroatoms. The van der Waals surface area contributed by atoms with Crippen molar-refractivity contribution in [2.45, 2.75) is 12.5 Å². The van der Waals surface area contributed by atoms with Crippen LogP contribution in [-0.2, 0) is 9.59 Å². The van der Waals surface area contributed by atoms with Crippen molar-refractivity contribution in [3.05, 3.63) is 53.0 Å². The zero-order valence-electron chi connectivity index (χ0n) is 11.5. The van der Waals surface area contributed by atoms with Gasteiger partial charge < -0.3 is 15.4 Å². The summed E-state index contributed by atoms with van der Waals surface area (Å²) in [5.41, 5.74) is 1.28. The SMILES string of the molecule is O=C(CC1Oc2ccccc2NC1=O)Nc1ccccc1Br. The van der Waals surface area contributed by atoms with Gasteiger partial charge in [-0.3, -0.25) is 9.59 Å². The second-order valence-corrected chi connectivity index (χ2v) is 5.68. The molecule has 112 valence electrons. The maximum Gasteiger partial charge on any atom is 0.266 e. The van der Waals surface area contributed by atoms with Gasteiger partial charge in [-0.15, -0.1) is 0 Å². The monoisotopic (exact) mass is 360 g/mol. The van der Waals surface area contributed by atoms with E-state index in [1.165, 1.54) is 0 Å². The molecule has 0 aliphatic carbocycles. The van der Waals surface area contributed by atoms with E-state index in [4.69, 9.17) is 4.74 Å². The van der Waals surface area contributed by atoms with E-state index < -0.39 is 6.10 Å². The number of nitrogens with one attached hydrogen (secondary N) is 2. The predicted molar refractivity (Wildman–Crippen MR) is 86.9 cm³/mol. The number of carbonyl (C=O) groups excluding carboxylic acids is 2. The lowest BCUT2D eigenvalue weighted by atomic mass is 10.1. The Morgan fingerprint density at radius 2 is 1.91 bits per heavy atom. The Labute approximate surface area is 135 Å². The van der Waals surface area contributed by atoms with Crippen LogP contribution in [0.3, 0.4) is 0 Å². The van der Waals surface area contributed by atoms with Gasteiger partial charge in [0.1, 0.15) is 5.75 Å². The summed E-state index contributed by atoms with van der Waals surface area (Å²) in [5.74, 6) is -0.0341. The van der Waals surface area contributed by atoms with Crippen LogP contribution in [0.4, 0.5) is 11.4 Å². The summed E-state index contributed by atoms with van der Waals surface area (Å²) in [6, 6.07) is 14.4. The molecule has 0 aromatic heterocycles. The van der Waals surface area contributed by atoms with Crippen molar-refractivity contribution >= 4 is 39.1 Å². The number of anilines is 2. The molecule has 2 amide bonds. The van der Waals surface area contributed by atoms with Crippen LogP contribution >= 0.6 is 15.9 Å². The third-order valence-electron chi connectivity index (χ3n) is 3.23. The molecule has 1 aliphatic heterocycles. The Morgan fingerprint density at radius 1 is 1.18 bits per heavy atom. The van der Waals surface area contributed by atoms with Crippen LogP contribution in [0.2, 0.25) is 0 Å². The van der Waals surface area contributed by atoms with Crippen molar-refractivity contribution in [2.75, 3.05) is 10.6 Å². The minimum absolute atomic E-state index is 0.0541. The van der Waals surface area contributed by atoms with Gasteiger partial charge in [0.2, 0.25) is 5.91 Å². The number of benzene rings is 2. The van der Waals surface area contributed by atoms with Crippen LogP contribution in [0.25, 0.3) is 0 Å². The van der Waals surface area contributed by atoms with E-state index in [9.17, 15) is 9.59 Å². The standard InChI is InChI=1S/C16H13BrN2O3/c17-10-5-1-2-6-11(10)18-15(20)9-14-16(21)19-12-7-3-4-8-13(12)22-14/h1-8,14H,9H2,(H,18,20)(H,19,21). The van der Waals surface area contributed by atoms with E-state index in [0.29, 0.717) is 17.1 Å². The molecular weight excluding hydrogens is 348 g/mol. The lowest BCUT2D eigenvalue weighted by Crippen LogP contribution is -2.39. The Hall–Kier alpha value is -2.34. The second kappa shape index (κ2) is 6.19. The van der Waals surface area contributed by atoms with Crippen molar-refractivity contribution in [3.63, 3.8) is 0 Å². The molecule has 2 aromatic rings. The maximum atomic E-state index is 12.1. The number of hydrogen-bond acceptors (Lipinski definition) is 3. The molecule has 5 nitrogen and oxygen atoms in total. The molecule has 2 aromatic carbocycles. The summed E-state index contributed by atoms with van der Waals surface area (Å²) in [4.78, 5) is 24.1. The van der Waals surface area contributed by atoms with Crippen molar-refractivity contribution in [1.29, 1.82) is 0 Å². The topological polar surface area (TPSA) is 67.4 Å². The molecule has 0 saturated carbocycles. The highest BCUT2D eigenvalue weighted by Crippen LogP contribution is 2.30. The average Bonchev–Trinajstić information content (AvgIpc) is 2.50. The van der Waals surface area contributed by atoms with Crippen LogP contribution in [-0.4, -0.2) is 17.9 Å². The molecule has 0 fully saturated rings. The zero-order valence-corrected chi connectivity index (χ0v) is 13.1. The number of para-hydroxylation sites is 3. The molecule has 1 aliphatic rings. The lowest BCUT2D eigenvalue weighted by Gasteiger charge is -2.25. The minimum Gasteiger partial charge on any atom is -0.478 e. The highest BCUT2D eigenvalue weighted by atomic mass is 79.9. The molecule has 2 N–H and O–H groups in total. The number of amides is 2. The largest absolute Gasteiger partial charge is 0.478 e. The van der Waals surface area contributed by atoms with E-state index in [1.54, 1.807) is 18.2 Å². The Morgan fingerprint density at radius 3 is 2.73 bits per heavy atom. The number of fused-ring (bicyclic) bond motifs is 1. The molecule has 0 bridgehead atoms. The lowest BCUT2D eigenvalue weighted by molar-refractivity contribution is -0.128. The molecule has 0 saturated heterocycles. The molecule has 0 spiro atoms. The minimum atomic E-state index is -0.836. The molecule has 3 rings (SSSR count). The van der Waals surface area contributed by atoms with Crippen molar-refractivity contribution in [1.82, 2.24) is 0 Å². The smallest absolute Gasteiger partial charge is 0.266 e. The van der Waals surface area contributed by atoms with Gasteiger partial charge >= 0.3 is 0 Å². The summed E-state index contributed by atoms with van der Waals surface area (Å²) in [6.45, 7) is 0. The Kier molecular flexibility index (Phi) is 4.11. The van der Waals surface area contributed by atoms with Gasteiger partial charge in [-0.25, -0.2) is 0 Å². The van der Waals surface area contributed by atoms with Crippen LogP contribution < -0.4 is 15.4 Å². The van der Waals surface area contributed by atoms with Gasteiger partial charge in [-0.05, 0) is 40.2 Å². The van der Waals surface area contributed by atoms with Gasteiger partial charge in [0, 0.05) is 4.47 Å². The first-order valence-electron chi connectivity index (χ1n) is 6.74. The molecule has 0 radical (unpaired) electrons. The van der Waals surface area contributed by atoms with Gasteiger partial charge in [-0.2, -0.15) is 0 Å². The summed E-state index contributed by atoms with van der Waals surface area (Å²) < 4.78 is 6.38. The average molecular weight is 361 g/mol. The second-order valence-electron chi connectivity index (χ2n) is 4.82. The van der Waals surface area contributed by atoms with Crippen LogP contribution in [0, 0.1) is 0 Å². The fourth-order valence-electron chi connectivity index (χ4n) is 2.16. The number of rotatable bonds is 3. The van der Waals surface area contributed by atoms with E-state index >= 15 is 0 Å². The number of ether oxygens (including phenoxy) is 1. The van der Waals surface area contributed by atoms with Gasteiger partial charge in [0.05, 0.1) is 17.8 Å². The number of carbonyl (C=O) groups is 2. The summed E-state index contributed by atoms with van der Waals surface area (Å²) in [7, 11) is 0. The molecule has 22 heavy (non-hydrogen) atoms. The quantitative estimate of drug-likeness (QED) is 0.883. The van der Waals surface area contributed by atoms with Gasteiger partial charge in [0.25, 0.3) is 5.91 Å². The molecular formula is C16H13BrN2O3. The third-order valence-corrected chi connectivity index (χ3v) is 3.92. The van der Waals surface area contributed by atoms with Crippen LogP contribution in [0.5, 0.6) is 5.75 Å². The number of halogens is 1. The summed E-state index contributed by atoms with van der Waals surface area (Å²) in [6.07, 6.45) is -0.890. The molecule has 1 heterocycles. The van der Waals surface area contributed by atoms with E-state index in [1.807, 2.05) is 30.3 Å². The highest BCUT2D eigenvalue weighted by molar-refractivity contribution is 9.10. The molecule has 1 unspecified atom stereocenters. The van der Waals surface area contributed by atoms with E-state index in [-0.39, 0.29) is 18.2 Å². The maximum absolute atomic E-state index is 12.1. The van der Waals surface area contributed by atoms with Crippen LogP contribution in [0.15, 0.2) is 53.0 Å². The highest BCUT2D eigenvalue weighted by Gasteiger charge is 2.29. The third kappa shape index (κ3) is 3.12. The first-order valence-corrected chi connectivity index (χ1v) is 7.54. The van der Waals surface area contributed by atoms with E-state index in [0.717, 1.165) is 4.47 Å². The zero-order chi connectivity index (χ0) is 15.5. The normalized spacial score (nSPS) is 16.2. The Bertz CT molecular complexity index is 733. The first kappa shape index (κ1) is 14.6. The van der Waals surface area contributed by atoms with E-state index in [2.05, 4.69) is 26.6 Å². The van der Waals surface area contributed by atoms with Gasteiger partial charge in [0.15, 0.2) is 6.10 Å². The number of hydrogen-bond donors (Lipinski definition) is 2.